The largest absolute Gasteiger partial charge is 0.356 e. The van der Waals surface area contributed by atoms with Gasteiger partial charge in [0, 0.05) is 49.6 Å². The summed E-state index contributed by atoms with van der Waals surface area (Å²) >= 11 is 0. The molecule has 3 heterocycles. The van der Waals surface area contributed by atoms with Crippen LogP contribution in [0.25, 0.3) is 0 Å². The van der Waals surface area contributed by atoms with Crippen LogP contribution in [0.2, 0.25) is 0 Å². The van der Waals surface area contributed by atoms with Crippen LogP contribution in [-0.2, 0) is 6.42 Å². The van der Waals surface area contributed by atoms with Crippen LogP contribution in [-0.4, -0.2) is 39.1 Å². The summed E-state index contributed by atoms with van der Waals surface area (Å²) in [4.78, 5) is 20.0. The molecule has 1 atom stereocenters. The van der Waals surface area contributed by atoms with Crippen LogP contribution >= 0.6 is 0 Å². The number of aromatic nitrogens is 4. The molecule has 2 aromatic rings. The molecule has 1 unspecified atom stereocenters. The molecule has 0 spiro atoms. The molecular weight excluding hydrogens is 312 g/mol. The Hall–Kier alpha value is -2.08. The zero-order valence-corrected chi connectivity index (χ0v) is 15.4. The van der Waals surface area contributed by atoms with Crippen LogP contribution in [0.1, 0.15) is 56.4 Å². The molecule has 0 saturated carbocycles. The summed E-state index contributed by atoms with van der Waals surface area (Å²) in [5, 5.41) is 3.70. The molecule has 1 saturated heterocycles. The number of hydrogen-bond donors (Lipinski definition) is 1. The second kappa shape index (κ2) is 8.34. The Morgan fingerprint density at radius 3 is 2.76 bits per heavy atom. The van der Waals surface area contributed by atoms with Gasteiger partial charge in [-0.2, -0.15) is 0 Å². The van der Waals surface area contributed by atoms with Crippen molar-refractivity contribution in [3.8, 4) is 0 Å². The predicted octanol–water partition coefficient (Wildman–Crippen LogP) is 2.85. The lowest BCUT2D eigenvalue weighted by atomic mass is 10.0. The highest BCUT2D eigenvalue weighted by atomic mass is 15.2. The highest BCUT2D eigenvalue weighted by molar-refractivity contribution is 5.40. The zero-order valence-electron chi connectivity index (χ0n) is 15.4. The van der Waals surface area contributed by atoms with E-state index in [1.807, 2.05) is 6.07 Å². The number of anilines is 1. The van der Waals surface area contributed by atoms with Crippen LogP contribution in [0.4, 0.5) is 5.82 Å². The van der Waals surface area contributed by atoms with Crippen LogP contribution in [0.15, 0.2) is 24.7 Å². The minimum atomic E-state index is 0.247. The van der Waals surface area contributed by atoms with Crippen LogP contribution in [0, 0.1) is 6.92 Å². The fourth-order valence-electron chi connectivity index (χ4n) is 3.38. The maximum absolute atomic E-state index is 4.76. The Kier molecular flexibility index (Phi) is 5.91. The van der Waals surface area contributed by atoms with E-state index in [4.69, 9.17) is 4.98 Å². The predicted molar refractivity (Wildman–Crippen MR) is 99.6 cm³/mol. The number of nitrogens with zero attached hydrogens (tertiary/aromatic N) is 5. The third kappa shape index (κ3) is 4.72. The van der Waals surface area contributed by atoms with Crippen molar-refractivity contribution in [1.82, 2.24) is 25.3 Å². The lowest BCUT2D eigenvalue weighted by Crippen LogP contribution is -2.43. The standard InChI is InChI=1S/C19H28N6/c1-4-5-18-22-14(2)12-19(24-18)25-10-7-16(8-11-25)23-15(3)17-6-9-20-13-21-17/h6,9,12-13,15-16,23H,4-5,7-8,10-11H2,1-3H3. The van der Waals surface area contributed by atoms with Gasteiger partial charge in [-0.25, -0.2) is 19.9 Å². The topological polar surface area (TPSA) is 66.8 Å². The van der Waals surface area contributed by atoms with Crippen molar-refractivity contribution >= 4 is 5.82 Å². The third-order valence-electron chi connectivity index (χ3n) is 4.71. The molecule has 0 aromatic carbocycles. The molecule has 1 aliphatic heterocycles. The fraction of sp³-hybridized carbons (Fsp3) is 0.579. The third-order valence-corrected chi connectivity index (χ3v) is 4.71. The van der Waals surface area contributed by atoms with Gasteiger partial charge < -0.3 is 10.2 Å². The molecule has 1 N–H and O–H groups in total. The van der Waals surface area contributed by atoms with E-state index < -0.39 is 0 Å². The highest BCUT2D eigenvalue weighted by Gasteiger charge is 2.22. The van der Waals surface area contributed by atoms with E-state index in [1.54, 1.807) is 12.5 Å². The zero-order chi connectivity index (χ0) is 17.6. The minimum Gasteiger partial charge on any atom is -0.356 e. The summed E-state index contributed by atoms with van der Waals surface area (Å²) in [6, 6.07) is 4.85. The van der Waals surface area contributed by atoms with Crippen molar-refractivity contribution in [1.29, 1.82) is 0 Å². The average Bonchev–Trinajstić information content (AvgIpc) is 2.63. The molecule has 3 rings (SSSR count). The van der Waals surface area contributed by atoms with Crippen molar-refractivity contribution in [2.45, 2.75) is 58.5 Å². The molecule has 0 amide bonds. The number of piperidine rings is 1. The van der Waals surface area contributed by atoms with E-state index >= 15 is 0 Å². The maximum Gasteiger partial charge on any atom is 0.132 e. The minimum absolute atomic E-state index is 0.247. The molecule has 25 heavy (non-hydrogen) atoms. The van der Waals surface area contributed by atoms with Crippen molar-refractivity contribution in [2.75, 3.05) is 18.0 Å². The van der Waals surface area contributed by atoms with Gasteiger partial charge in [-0.1, -0.05) is 6.92 Å². The van der Waals surface area contributed by atoms with Gasteiger partial charge in [-0.3, -0.25) is 0 Å². The first kappa shape index (κ1) is 17.7. The van der Waals surface area contributed by atoms with Crippen molar-refractivity contribution in [3.63, 3.8) is 0 Å². The second-order valence-electron chi connectivity index (χ2n) is 6.82. The van der Waals surface area contributed by atoms with Gasteiger partial charge in [0.2, 0.25) is 0 Å². The highest BCUT2D eigenvalue weighted by Crippen LogP contribution is 2.21. The molecule has 0 radical (unpaired) electrons. The Labute approximate surface area is 150 Å². The number of rotatable bonds is 6. The van der Waals surface area contributed by atoms with Gasteiger partial charge in [0.1, 0.15) is 18.0 Å². The van der Waals surface area contributed by atoms with Gasteiger partial charge in [0.15, 0.2) is 0 Å². The monoisotopic (exact) mass is 340 g/mol. The Morgan fingerprint density at radius 2 is 2.08 bits per heavy atom. The van der Waals surface area contributed by atoms with E-state index in [2.05, 4.69) is 52.0 Å². The van der Waals surface area contributed by atoms with E-state index in [9.17, 15) is 0 Å². The van der Waals surface area contributed by atoms with E-state index in [0.29, 0.717) is 6.04 Å². The molecule has 6 heteroatoms. The SMILES string of the molecule is CCCc1nc(C)cc(N2CCC(NC(C)c3ccncn3)CC2)n1. The number of hydrogen-bond acceptors (Lipinski definition) is 6. The number of nitrogens with one attached hydrogen (secondary N) is 1. The van der Waals surface area contributed by atoms with Crippen LogP contribution < -0.4 is 10.2 Å². The lowest BCUT2D eigenvalue weighted by molar-refractivity contribution is 0.376. The van der Waals surface area contributed by atoms with Crippen LogP contribution in [0.5, 0.6) is 0 Å². The van der Waals surface area contributed by atoms with Crippen molar-refractivity contribution < 1.29 is 0 Å². The molecule has 6 nitrogen and oxygen atoms in total. The Balaban J connectivity index is 1.57. The smallest absolute Gasteiger partial charge is 0.132 e. The lowest BCUT2D eigenvalue weighted by Gasteiger charge is -2.34. The molecule has 1 fully saturated rings. The first-order chi connectivity index (χ1) is 12.2. The fourth-order valence-corrected chi connectivity index (χ4v) is 3.38. The first-order valence-electron chi connectivity index (χ1n) is 9.27. The quantitative estimate of drug-likeness (QED) is 0.872. The van der Waals surface area contributed by atoms with Gasteiger partial charge in [-0.05, 0) is 39.2 Å². The molecule has 2 aromatic heterocycles. The molecule has 134 valence electrons. The maximum atomic E-state index is 4.76. The van der Waals surface area contributed by atoms with Gasteiger partial charge in [-0.15, -0.1) is 0 Å². The summed E-state index contributed by atoms with van der Waals surface area (Å²) < 4.78 is 0. The molecule has 0 bridgehead atoms. The molecule has 0 aliphatic carbocycles. The Morgan fingerprint density at radius 1 is 1.28 bits per heavy atom. The second-order valence-corrected chi connectivity index (χ2v) is 6.82. The van der Waals surface area contributed by atoms with Crippen molar-refractivity contribution in [3.05, 3.63) is 41.9 Å². The van der Waals surface area contributed by atoms with Gasteiger partial charge in [0.05, 0.1) is 5.69 Å². The molecular formula is C19H28N6. The number of aryl methyl sites for hydroxylation is 2. The van der Waals surface area contributed by atoms with E-state index in [1.165, 1.54) is 0 Å². The Bertz CT molecular complexity index is 667. The summed E-state index contributed by atoms with van der Waals surface area (Å²) in [7, 11) is 0. The molecule has 1 aliphatic rings. The average molecular weight is 340 g/mol. The van der Waals surface area contributed by atoms with E-state index in [0.717, 1.165) is 61.8 Å². The van der Waals surface area contributed by atoms with Gasteiger partial charge in [0.25, 0.3) is 0 Å². The normalized spacial score (nSPS) is 16.8. The van der Waals surface area contributed by atoms with E-state index in [-0.39, 0.29) is 6.04 Å². The van der Waals surface area contributed by atoms with Crippen LogP contribution in [0.3, 0.4) is 0 Å². The summed E-state index contributed by atoms with van der Waals surface area (Å²) in [6.45, 7) is 8.44. The van der Waals surface area contributed by atoms with Gasteiger partial charge >= 0.3 is 0 Å². The summed E-state index contributed by atoms with van der Waals surface area (Å²) in [6.07, 6.45) is 7.66. The van der Waals surface area contributed by atoms with Crippen molar-refractivity contribution in [2.24, 2.45) is 0 Å². The summed E-state index contributed by atoms with van der Waals surface area (Å²) in [5.74, 6) is 2.05. The first-order valence-corrected chi connectivity index (χ1v) is 9.27. The summed E-state index contributed by atoms with van der Waals surface area (Å²) in [5.41, 5.74) is 2.11.